The van der Waals surface area contributed by atoms with Crippen molar-refractivity contribution in [2.24, 2.45) is 4.99 Å². The molecule has 138 valence electrons. The summed E-state index contributed by atoms with van der Waals surface area (Å²) >= 11 is 0. The molecular formula is C22H32FNO. The fourth-order valence-electron chi connectivity index (χ4n) is 3.69. The van der Waals surface area contributed by atoms with Crippen molar-refractivity contribution in [3.8, 4) is 0 Å². The van der Waals surface area contributed by atoms with E-state index in [4.69, 9.17) is 4.74 Å². The highest BCUT2D eigenvalue weighted by Gasteiger charge is 2.38. The lowest BCUT2D eigenvalue weighted by atomic mass is 9.77. The summed E-state index contributed by atoms with van der Waals surface area (Å²) in [7, 11) is 0. The Morgan fingerprint density at radius 2 is 2.08 bits per heavy atom. The van der Waals surface area contributed by atoms with Crippen molar-refractivity contribution in [2.45, 2.75) is 71.4 Å². The van der Waals surface area contributed by atoms with E-state index in [1.54, 1.807) is 0 Å². The third-order valence-electron chi connectivity index (χ3n) is 4.96. The minimum atomic E-state index is -0.446. The van der Waals surface area contributed by atoms with Crippen LogP contribution in [0, 0.1) is 0 Å². The van der Waals surface area contributed by atoms with Crippen LogP contribution in [0.1, 0.15) is 70.1 Å². The van der Waals surface area contributed by atoms with E-state index in [9.17, 15) is 4.39 Å². The molecule has 0 saturated carbocycles. The first kappa shape index (κ1) is 19.8. The van der Waals surface area contributed by atoms with Gasteiger partial charge in [0.15, 0.2) is 0 Å². The molecule has 1 saturated heterocycles. The van der Waals surface area contributed by atoms with Gasteiger partial charge < -0.3 is 4.74 Å². The van der Waals surface area contributed by atoms with Crippen LogP contribution in [0.4, 0.5) is 4.39 Å². The molecule has 0 spiro atoms. The molecule has 1 unspecified atom stereocenters. The lowest BCUT2D eigenvalue weighted by Gasteiger charge is -2.40. The summed E-state index contributed by atoms with van der Waals surface area (Å²) in [5.41, 5.74) is 5.05. The van der Waals surface area contributed by atoms with Gasteiger partial charge in [-0.25, -0.2) is 0 Å². The molecule has 1 fully saturated rings. The summed E-state index contributed by atoms with van der Waals surface area (Å²) in [6.07, 6.45) is 4.42. The summed E-state index contributed by atoms with van der Waals surface area (Å²) in [4.78, 5) is 4.69. The zero-order chi connectivity index (χ0) is 18.4. The van der Waals surface area contributed by atoms with Crippen LogP contribution < -0.4 is 0 Å². The number of hydrogen-bond donors (Lipinski definition) is 0. The largest absolute Gasteiger partial charge is 0.366 e. The maximum absolute atomic E-state index is 12.8. The van der Waals surface area contributed by atoms with Gasteiger partial charge in [-0.15, -0.1) is 0 Å². The Hall–Kier alpha value is -1.48. The summed E-state index contributed by atoms with van der Waals surface area (Å²) in [6.45, 7) is 13.0. The standard InChI is InChI=1S/C22H32FNO/c1-16(2)22(12-6-7-14-25-22)21-15-20(18(5)24-17(3)4)11-10-19(21)9-8-13-23/h10-11,15,17H,1,6-9,12-14H2,2-5H3. The Kier molecular flexibility index (Phi) is 6.95. The molecule has 1 aliphatic heterocycles. The summed E-state index contributed by atoms with van der Waals surface area (Å²) in [6, 6.07) is 6.69. The highest BCUT2D eigenvalue weighted by atomic mass is 19.1. The number of halogens is 1. The highest BCUT2D eigenvalue weighted by molar-refractivity contribution is 5.99. The molecule has 0 aromatic heterocycles. The molecule has 3 heteroatoms. The smallest absolute Gasteiger partial charge is 0.114 e. The van der Waals surface area contributed by atoms with E-state index in [1.165, 1.54) is 5.56 Å². The summed E-state index contributed by atoms with van der Waals surface area (Å²) in [5.74, 6) is 0. The van der Waals surface area contributed by atoms with E-state index in [0.717, 1.165) is 54.7 Å². The van der Waals surface area contributed by atoms with Gasteiger partial charge in [0.25, 0.3) is 0 Å². The van der Waals surface area contributed by atoms with Gasteiger partial charge in [0, 0.05) is 18.4 Å². The van der Waals surface area contributed by atoms with Crippen LogP contribution in [0.2, 0.25) is 0 Å². The molecule has 25 heavy (non-hydrogen) atoms. The molecule has 0 aliphatic carbocycles. The summed E-state index contributed by atoms with van der Waals surface area (Å²) in [5, 5.41) is 0. The Morgan fingerprint density at radius 1 is 1.32 bits per heavy atom. The molecule has 0 amide bonds. The third kappa shape index (κ3) is 4.58. The van der Waals surface area contributed by atoms with Crippen LogP contribution in [0.25, 0.3) is 0 Å². The minimum Gasteiger partial charge on any atom is -0.366 e. The first-order chi connectivity index (χ1) is 11.9. The molecule has 1 heterocycles. The Labute approximate surface area is 152 Å². The maximum Gasteiger partial charge on any atom is 0.114 e. The predicted octanol–water partition coefficient (Wildman–Crippen LogP) is 5.78. The Balaban J connectivity index is 2.55. The van der Waals surface area contributed by atoms with Crippen LogP contribution in [0.5, 0.6) is 0 Å². The molecule has 1 aliphatic rings. The predicted molar refractivity (Wildman–Crippen MR) is 104 cm³/mol. The van der Waals surface area contributed by atoms with Crippen molar-refractivity contribution in [1.82, 2.24) is 0 Å². The van der Waals surface area contributed by atoms with Crippen LogP contribution in [-0.4, -0.2) is 25.0 Å². The third-order valence-corrected chi connectivity index (χ3v) is 4.96. The van der Waals surface area contributed by atoms with Crippen molar-refractivity contribution in [3.05, 3.63) is 47.0 Å². The second-order valence-electron chi connectivity index (χ2n) is 7.39. The van der Waals surface area contributed by atoms with Gasteiger partial charge >= 0.3 is 0 Å². The molecule has 1 aromatic rings. The number of alkyl halides is 1. The Bertz CT molecular complexity index is 627. The second-order valence-corrected chi connectivity index (χ2v) is 7.39. The number of hydrogen-bond acceptors (Lipinski definition) is 2. The van der Waals surface area contributed by atoms with E-state index in [2.05, 4.69) is 50.5 Å². The van der Waals surface area contributed by atoms with Crippen molar-refractivity contribution >= 4 is 5.71 Å². The van der Waals surface area contributed by atoms with Gasteiger partial charge in [0.05, 0.1) is 6.67 Å². The van der Waals surface area contributed by atoms with Crippen LogP contribution in [-0.2, 0) is 16.8 Å². The lowest BCUT2D eigenvalue weighted by molar-refractivity contribution is -0.0564. The van der Waals surface area contributed by atoms with Crippen molar-refractivity contribution in [3.63, 3.8) is 0 Å². The highest BCUT2D eigenvalue weighted by Crippen LogP contribution is 2.42. The molecule has 1 aromatic carbocycles. The number of ether oxygens (including phenoxy) is 1. The molecule has 0 N–H and O–H groups in total. The average Bonchev–Trinajstić information content (AvgIpc) is 2.59. The average molecular weight is 346 g/mol. The Morgan fingerprint density at radius 3 is 2.64 bits per heavy atom. The second kappa shape index (κ2) is 8.75. The quantitative estimate of drug-likeness (QED) is 0.453. The van der Waals surface area contributed by atoms with E-state index in [1.807, 2.05) is 6.92 Å². The van der Waals surface area contributed by atoms with E-state index in [0.29, 0.717) is 6.42 Å². The normalized spacial score (nSPS) is 21.6. The minimum absolute atomic E-state index is 0.260. The SMILES string of the molecule is C=C(C)C1(c2cc(C(C)=NC(C)C)ccc2CCCF)CCCCO1. The molecule has 2 nitrogen and oxygen atoms in total. The fraction of sp³-hybridized carbons (Fsp3) is 0.591. The first-order valence-corrected chi connectivity index (χ1v) is 9.45. The monoisotopic (exact) mass is 345 g/mol. The van der Waals surface area contributed by atoms with Gasteiger partial charge in [0.1, 0.15) is 5.60 Å². The fourth-order valence-corrected chi connectivity index (χ4v) is 3.69. The summed E-state index contributed by atoms with van der Waals surface area (Å²) < 4.78 is 19.1. The zero-order valence-corrected chi connectivity index (χ0v) is 16.2. The van der Waals surface area contributed by atoms with Crippen LogP contribution in [0.15, 0.2) is 35.3 Å². The van der Waals surface area contributed by atoms with Crippen LogP contribution in [0.3, 0.4) is 0 Å². The van der Waals surface area contributed by atoms with Crippen LogP contribution >= 0.6 is 0 Å². The van der Waals surface area contributed by atoms with E-state index < -0.39 is 5.60 Å². The zero-order valence-electron chi connectivity index (χ0n) is 16.2. The van der Waals surface area contributed by atoms with Crippen molar-refractivity contribution < 1.29 is 9.13 Å². The molecule has 0 bridgehead atoms. The molecule has 2 rings (SSSR count). The molecular weight excluding hydrogens is 313 g/mol. The number of nitrogens with zero attached hydrogens (tertiary/aromatic N) is 1. The molecule has 1 atom stereocenters. The number of rotatable bonds is 7. The number of aliphatic imine (C=N–C) groups is 1. The van der Waals surface area contributed by atoms with Gasteiger partial charge in [0.2, 0.25) is 0 Å². The van der Waals surface area contributed by atoms with Gasteiger partial charge in [-0.1, -0.05) is 18.7 Å². The molecule has 0 radical (unpaired) electrons. The number of benzene rings is 1. The van der Waals surface area contributed by atoms with Gasteiger partial charge in [-0.2, -0.15) is 0 Å². The van der Waals surface area contributed by atoms with Crippen molar-refractivity contribution in [1.29, 1.82) is 0 Å². The topological polar surface area (TPSA) is 21.6 Å². The van der Waals surface area contributed by atoms with Gasteiger partial charge in [-0.05, 0) is 88.1 Å². The van der Waals surface area contributed by atoms with E-state index >= 15 is 0 Å². The first-order valence-electron chi connectivity index (χ1n) is 9.45. The van der Waals surface area contributed by atoms with Crippen molar-refractivity contribution in [2.75, 3.05) is 13.3 Å². The number of aryl methyl sites for hydroxylation is 1. The maximum atomic E-state index is 12.8. The lowest BCUT2D eigenvalue weighted by Crippen LogP contribution is -2.35. The van der Waals surface area contributed by atoms with Gasteiger partial charge in [-0.3, -0.25) is 9.38 Å². The van der Waals surface area contributed by atoms with E-state index in [-0.39, 0.29) is 12.7 Å².